The molecule has 2 aromatic heterocycles. The van der Waals surface area contributed by atoms with E-state index >= 15 is 0 Å². The Labute approximate surface area is 167 Å². The molecule has 3 aromatic rings. The van der Waals surface area contributed by atoms with Gasteiger partial charge in [0.05, 0.1) is 26.3 Å². The number of rotatable bonds is 6. The number of aromatic nitrogens is 2. The van der Waals surface area contributed by atoms with Crippen LogP contribution in [-0.2, 0) is 6.42 Å². The number of hydrogen-bond acceptors (Lipinski definition) is 6. The third-order valence-electron chi connectivity index (χ3n) is 3.77. The number of carbonyl (C=O) groups is 1. The molecule has 0 aliphatic carbocycles. The van der Waals surface area contributed by atoms with Gasteiger partial charge in [0, 0.05) is 22.9 Å². The van der Waals surface area contributed by atoms with Crippen LogP contribution < -0.4 is 10.5 Å². The quantitative estimate of drug-likeness (QED) is 0.628. The Morgan fingerprint density at radius 1 is 1.25 bits per heavy atom. The summed E-state index contributed by atoms with van der Waals surface area (Å²) in [5, 5.41) is 3.49. The zero-order chi connectivity index (χ0) is 20.5. The Hall–Kier alpha value is -2.46. The Balaban J connectivity index is 1.88. The van der Waals surface area contributed by atoms with Gasteiger partial charge in [-0.2, -0.15) is 13.2 Å². The van der Waals surface area contributed by atoms with Crippen molar-refractivity contribution in [3.63, 3.8) is 0 Å². The lowest BCUT2D eigenvalue weighted by Crippen LogP contribution is -2.20. The first kappa shape index (κ1) is 20.3. The molecule has 0 spiro atoms. The molecule has 0 saturated heterocycles. The number of nitrogens with two attached hydrogens (primary N) is 1. The number of alkyl halides is 3. The maximum Gasteiger partial charge on any atom is 0.422 e. The number of benzene rings is 1. The van der Waals surface area contributed by atoms with Crippen LogP contribution in [0.25, 0.3) is 10.6 Å². The number of nitrogens with zero attached hydrogens (tertiary/aromatic N) is 2. The van der Waals surface area contributed by atoms with Crippen LogP contribution in [0.2, 0.25) is 0 Å². The highest BCUT2D eigenvalue weighted by Gasteiger charge is 2.29. The summed E-state index contributed by atoms with van der Waals surface area (Å²) in [5.41, 5.74) is 7.55. The van der Waals surface area contributed by atoms with Crippen LogP contribution in [0.3, 0.4) is 0 Å². The van der Waals surface area contributed by atoms with Crippen molar-refractivity contribution in [2.75, 3.05) is 6.61 Å². The van der Waals surface area contributed by atoms with E-state index in [1.165, 1.54) is 40.9 Å². The SMILES string of the molecule is Cc1nc(C)c(-c2csc(Cc3cc(C(N)=O)ccc3OCC(F)(F)F)n2)s1. The number of amides is 1. The smallest absolute Gasteiger partial charge is 0.422 e. The summed E-state index contributed by atoms with van der Waals surface area (Å²) in [5.74, 6) is -0.622. The summed E-state index contributed by atoms with van der Waals surface area (Å²) in [6, 6.07) is 4.11. The molecule has 28 heavy (non-hydrogen) atoms. The average molecular weight is 427 g/mol. The van der Waals surface area contributed by atoms with E-state index in [1.54, 1.807) is 0 Å². The van der Waals surface area contributed by atoms with Gasteiger partial charge in [0.1, 0.15) is 5.75 Å². The molecule has 0 radical (unpaired) electrons. The van der Waals surface area contributed by atoms with E-state index in [4.69, 9.17) is 10.5 Å². The number of hydrogen-bond donors (Lipinski definition) is 1. The summed E-state index contributed by atoms with van der Waals surface area (Å²) in [4.78, 5) is 21.4. The van der Waals surface area contributed by atoms with Crippen LogP contribution in [0.5, 0.6) is 5.75 Å². The molecule has 10 heteroatoms. The van der Waals surface area contributed by atoms with Crippen molar-refractivity contribution in [2.45, 2.75) is 26.4 Å². The van der Waals surface area contributed by atoms with Gasteiger partial charge >= 0.3 is 6.18 Å². The Morgan fingerprint density at radius 3 is 2.61 bits per heavy atom. The van der Waals surface area contributed by atoms with Crippen molar-refractivity contribution in [3.05, 3.63) is 50.4 Å². The minimum absolute atomic E-state index is 0.0453. The standard InChI is InChI=1S/C18H16F3N3O2S2/c1-9-16(28-10(2)23-9)13-7-27-15(24-13)6-12-5-11(17(22)25)3-4-14(12)26-8-18(19,20)21/h3-5,7H,6,8H2,1-2H3,(H2,22,25). The largest absolute Gasteiger partial charge is 0.484 e. The number of halogens is 3. The van der Waals surface area contributed by atoms with Gasteiger partial charge in [-0.25, -0.2) is 9.97 Å². The van der Waals surface area contributed by atoms with Crippen molar-refractivity contribution in [1.82, 2.24) is 9.97 Å². The Morgan fingerprint density at radius 2 is 2.00 bits per heavy atom. The van der Waals surface area contributed by atoms with Gasteiger partial charge in [0.25, 0.3) is 0 Å². The molecule has 0 aliphatic heterocycles. The molecule has 0 bridgehead atoms. The van der Waals surface area contributed by atoms with Crippen molar-refractivity contribution in [3.8, 4) is 16.3 Å². The molecule has 2 N–H and O–H groups in total. The van der Waals surface area contributed by atoms with E-state index in [0.717, 1.165) is 21.3 Å². The highest BCUT2D eigenvalue weighted by Crippen LogP contribution is 2.32. The summed E-state index contributed by atoms with van der Waals surface area (Å²) >= 11 is 2.91. The van der Waals surface area contributed by atoms with Crippen LogP contribution in [0.4, 0.5) is 13.2 Å². The fourth-order valence-electron chi connectivity index (χ4n) is 2.60. The van der Waals surface area contributed by atoms with Crippen molar-refractivity contribution in [1.29, 1.82) is 0 Å². The van der Waals surface area contributed by atoms with Gasteiger partial charge < -0.3 is 10.5 Å². The average Bonchev–Trinajstić information content (AvgIpc) is 3.18. The van der Waals surface area contributed by atoms with Gasteiger partial charge in [0.2, 0.25) is 5.91 Å². The monoisotopic (exact) mass is 427 g/mol. The third-order valence-corrected chi connectivity index (χ3v) is 5.71. The summed E-state index contributed by atoms with van der Waals surface area (Å²) < 4.78 is 42.5. The van der Waals surface area contributed by atoms with E-state index in [9.17, 15) is 18.0 Å². The van der Waals surface area contributed by atoms with Crippen LogP contribution >= 0.6 is 22.7 Å². The van der Waals surface area contributed by atoms with Crippen LogP contribution in [0.15, 0.2) is 23.6 Å². The Kier molecular flexibility index (Phi) is 5.71. The second kappa shape index (κ2) is 7.88. The maximum absolute atomic E-state index is 12.5. The summed E-state index contributed by atoms with van der Waals surface area (Å²) in [6.07, 6.45) is -4.24. The van der Waals surface area contributed by atoms with Crippen molar-refractivity contribution in [2.24, 2.45) is 5.73 Å². The minimum Gasteiger partial charge on any atom is -0.484 e. The topological polar surface area (TPSA) is 78.1 Å². The minimum atomic E-state index is -4.46. The molecule has 148 valence electrons. The Bertz CT molecular complexity index is 1010. The van der Waals surface area contributed by atoms with Gasteiger partial charge in [-0.05, 0) is 32.0 Å². The molecule has 0 fully saturated rings. The number of ether oxygens (including phenoxy) is 1. The lowest BCUT2D eigenvalue weighted by Gasteiger charge is -2.13. The maximum atomic E-state index is 12.5. The summed E-state index contributed by atoms with van der Waals surface area (Å²) in [6.45, 7) is 2.39. The van der Waals surface area contributed by atoms with Crippen LogP contribution in [0, 0.1) is 13.8 Å². The van der Waals surface area contributed by atoms with E-state index < -0.39 is 18.7 Å². The molecule has 0 saturated carbocycles. The van der Waals surface area contributed by atoms with E-state index in [2.05, 4.69) is 9.97 Å². The normalized spacial score (nSPS) is 11.6. The van der Waals surface area contributed by atoms with E-state index in [0.29, 0.717) is 10.6 Å². The molecular formula is C18H16F3N3O2S2. The molecular weight excluding hydrogens is 411 g/mol. The second-order valence-electron chi connectivity index (χ2n) is 6.04. The fourth-order valence-corrected chi connectivity index (χ4v) is 4.36. The predicted octanol–water partition coefficient (Wildman–Crippen LogP) is 4.51. The van der Waals surface area contributed by atoms with Crippen LogP contribution in [-0.4, -0.2) is 28.7 Å². The van der Waals surface area contributed by atoms with Gasteiger partial charge in [-0.15, -0.1) is 22.7 Å². The third kappa shape index (κ3) is 4.87. The van der Waals surface area contributed by atoms with Crippen molar-refractivity contribution >= 4 is 28.6 Å². The molecule has 2 heterocycles. The molecule has 1 aromatic carbocycles. The number of thiazole rings is 2. The highest BCUT2D eigenvalue weighted by atomic mass is 32.1. The van der Waals surface area contributed by atoms with Crippen LogP contribution in [0.1, 0.15) is 31.6 Å². The number of primary amides is 1. The second-order valence-corrected chi connectivity index (χ2v) is 8.19. The van der Waals surface area contributed by atoms with Crippen molar-refractivity contribution < 1.29 is 22.7 Å². The van der Waals surface area contributed by atoms with E-state index in [-0.39, 0.29) is 17.7 Å². The highest BCUT2D eigenvalue weighted by molar-refractivity contribution is 7.15. The fraction of sp³-hybridized carbons (Fsp3) is 0.278. The number of carbonyl (C=O) groups excluding carboxylic acids is 1. The lowest BCUT2D eigenvalue weighted by molar-refractivity contribution is -0.153. The van der Waals surface area contributed by atoms with E-state index in [1.807, 2.05) is 19.2 Å². The molecule has 5 nitrogen and oxygen atoms in total. The molecule has 0 unspecified atom stereocenters. The first-order chi connectivity index (χ1) is 13.1. The first-order valence-electron chi connectivity index (χ1n) is 8.13. The summed E-state index contributed by atoms with van der Waals surface area (Å²) in [7, 11) is 0. The zero-order valence-electron chi connectivity index (χ0n) is 15.0. The number of aryl methyl sites for hydroxylation is 2. The zero-order valence-corrected chi connectivity index (χ0v) is 16.6. The molecule has 3 rings (SSSR count). The van der Waals surface area contributed by atoms with Gasteiger partial charge in [-0.3, -0.25) is 4.79 Å². The first-order valence-corrected chi connectivity index (χ1v) is 9.83. The van der Waals surface area contributed by atoms with Gasteiger partial charge in [-0.1, -0.05) is 0 Å². The molecule has 0 atom stereocenters. The molecule has 0 aliphatic rings. The van der Waals surface area contributed by atoms with Gasteiger partial charge in [0.15, 0.2) is 6.61 Å². The lowest BCUT2D eigenvalue weighted by atomic mass is 10.1. The molecule has 1 amide bonds. The predicted molar refractivity (Wildman–Crippen MR) is 102 cm³/mol.